The number of carbonyl (C=O) groups is 1. The number of ether oxygens (including phenoxy) is 2. The van der Waals surface area contributed by atoms with E-state index in [0.29, 0.717) is 17.9 Å². The van der Waals surface area contributed by atoms with Gasteiger partial charge in [-0.3, -0.25) is 0 Å². The molecule has 0 amide bonds. The molecule has 0 unspecified atom stereocenters. The van der Waals surface area contributed by atoms with Gasteiger partial charge in [-0.25, -0.2) is 4.79 Å². The molecule has 0 radical (unpaired) electrons. The van der Waals surface area contributed by atoms with Gasteiger partial charge in [-0.1, -0.05) is 0 Å². The maximum absolute atomic E-state index is 12.6. The number of methoxy groups -OCH3 is 1. The summed E-state index contributed by atoms with van der Waals surface area (Å²) < 4.78 is 11.1. The van der Waals surface area contributed by atoms with Gasteiger partial charge in [0.25, 0.3) is 0 Å². The molecule has 5 nitrogen and oxygen atoms in total. The van der Waals surface area contributed by atoms with Crippen LogP contribution < -0.4 is 4.74 Å². The molecule has 23 heavy (non-hydrogen) atoms. The van der Waals surface area contributed by atoms with Crippen LogP contribution in [0, 0.1) is 12.3 Å². The Morgan fingerprint density at radius 3 is 2.78 bits per heavy atom. The molecule has 1 aromatic carbocycles. The number of H-pyrrole nitrogens is 1. The fourth-order valence-electron chi connectivity index (χ4n) is 3.99. The number of rotatable bonds is 4. The summed E-state index contributed by atoms with van der Waals surface area (Å²) in [4.78, 5) is 18.2. The van der Waals surface area contributed by atoms with E-state index in [-0.39, 0.29) is 11.4 Å². The number of nitrogens with zero attached hydrogens (tertiary/aromatic N) is 1. The van der Waals surface area contributed by atoms with Crippen molar-refractivity contribution in [3.63, 3.8) is 0 Å². The molecular weight excluding hydrogens is 292 g/mol. The van der Waals surface area contributed by atoms with E-state index in [1.807, 2.05) is 19.1 Å². The smallest absolute Gasteiger partial charge is 0.340 e. The third-order valence-electron chi connectivity index (χ3n) is 5.31. The minimum Gasteiger partial charge on any atom is -0.496 e. The molecule has 1 aromatic heterocycles. The number of aryl methyl sites for hydroxylation is 1. The van der Waals surface area contributed by atoms with Crippen LogP contribution in [0.2, 0.25) is 0 Å². The lowest BCUT2D eigenvalue weighted by molar-refractivity contribution is 0.0326. The van der Waals surface area contributed by atoms with Crippen LogP contribution in [0.15, 0.2) is 18.3 Å². The molecule has 4 rings (SSSR count). The van der Waals surface area contributed by atoms with Gasteiger partial charge in [-0.15, -0.1) is 0 Å². The van der Waals surface area contributed by atoms with Gasteiger partial charge in [-0.2, -0.15) is 0 Å². The Morgan fingerprint density at radius 2 is 2.13 bits per heavy atom. The van der Waals surface area contributed by atoms with Gasteiger partial charge >= 0.3 is 5.97 Å². The van der Waals surface area contributed by atoms with Crippen LogP contribution in [0.25, 0.3) is 10.9 Å². The minimum atomic E-state index is -0.266. The van der Waals surface area contributed by atoms with Crippen molar-refractivity contribution in [2.24, 2.45) is 5.41 Å². The molecule has 0 aliphatic carbocycles. The molecular formula is C18H22N2O3. The monoisotopic (exact) mass is 314 g/mol. The molecule has 122 valence electrons. The first-order valence-corrected chi connectivity index (χ1v) is 8.15. The third-order valence-corrected chi connectivity index (χ3v) is 5.31. The van der Waals surface area contributed by atoms with E-state index in [4.69, 9.17) is 9.47 Å². The highest BCUT2D eigenvalue weighted by Gasteiger charge is 2.44. The Kier molecular flexibility index (Phi) is 3.34. The number of fused-ring (bicyclic) bond motifs is 3. The first-order valence-electron chi connectivity index (χ1n) is 8.15. The quantitative estimate of drug-likeness (QED) is 0.882. The fraction of sp³-hybridized carbons (Fsp3) is 0.500. The van der Waals surface area contributed by atoms with Gasteiger partial charge in [0.15, 0.2) is 0 Å². The Labute approximate surface area is 135 Å². The van der Waals surface area contributed by atoms with Crippen molar-refractivity contribution >= 4 is 16.9 Å². The number of carbonyl (C=O) groups excluding carboxylic acids is 1. The molecule has 2 aliphatic heterocycles. The van der Waals surface area contributed by atoms with Crippen LogP contribution in [0.5, 0.6) is 5.75 Å². The van der Waals surface area contributed by atoms with Gasteiger partial charge in [0, 0.05) is 18.2 Å². The van der Waals surface area contributed by atoms with Crippen molar-refractivity contribution < 1.29 is 14.3 Å². The molecule has 0 atom stereocenters. The summed E-state index contributed by atoms with van der Waals surface area (Å²) >= 11 is 0. The first kappa shape index (κ1) is 14.6. The number of hydrogen-bond donors (Lipinski definition) is 1. The van der Waals surface area contributed by atoms with Crippen LogP contribution in [0.3, 0.4) is 0 Å². The summed E-state index contributed by atoms with van der Waals surface area (Å²) in [5.41, 5.74) is 2.73. The van der Waals surface area contributed by atoms with Gasteiger partial charge in [-0.05, 0) is 50.6 Å². The lowest BCUT2D eigenvalue weighted by atomic mass is 9.86. The number of esters is 1. The summed E-state index contributed by atoms with van der Waals surface area (Å²) in [7, 11) is 1.63. The van der Waals surface area contributed by atoms with E-state index in [1.165, 1.54) is 0 Å². The largest absolute Gasteiger partial charge is 0.496 e. The first-order chi connectivity index (χ1) is 11.1. The summed E-state index contributed by atoms with van der Waals surface area (Å²) in [5, 5.41) is 0.806. The van der Waals surface area contributed by atoms with Crippen LogP contribution in [-0.2, 0) is 4.74 Å². The second kappa shape index (κ2) is 5.27. The molecule has 3 heterocycles. The summed E-state index contributed by atoms with van der Waals surface area (Å²) in [5.74, 6) is 0.442. The molecule has 0 saturated carbocycles. The van der Waals surface area contributed by atoms with Crippen molar-refractivity contribution in [2.75, 3.05) is 33.4 Å². The standard InChI is InChI=1S/C18H22N2O3/c1-12-7-14-16(15(8-12)22-2)13(9-19-14)17(21)23-11-18-3-5-20(10-18)6-4-18/h7-9,19H,3-6,10-11H2,1-2H3. The average Bonchev–Trinajstić information content (AvgIpc) is 3.25. The second-order valence-corrected chi connectivity index (χ2v) is 6.94. The molecule has 2 fully saturated rings. The summed E-state index contributed by atoms with van der Waals surface area (Å²) in [6.07, 6.45) is 4.00. The van der Waals surface area contributed by atoms with Gasteiger partial charge in [0.1, 0.15) is 5.75 Å². The molecule has 1 N–H and O–H groups in total. The number of aromatic amines is 1. The maximum atomic E-state index is 12.6. The number of piperidine rings is 1. The number of aromatic nitrogens is 1. The highest BCUT2D eigenvalue weighted by Crippen LogP contribution is 2.41. The van der Waals surface area contributed by atoms with E-state index in [9.17, 15) is 4.79 Å². The van der Waals surface area contributed by atoms with Crippen molar-refractivity contribution in [1.29, 1.82) is 0 Å². The highest BCUT2D eigenvalue weighted by molar-refractivity contribution is 6.06. The summed E-state index contributed by atoms with van der Waals surface area (Å²) in [6, 6.07) is 3.95. The highest BCUT2D eigenvalue weighted by atomic mass is 16.5. The molecule has 5 heteroatoms. The molecule has 2 saturated heterocycles. The predicted molar refractivity (Wildman–Crippen MR) is 88.0 cm³/mol. The molecule has 2 aliphatic rings. The fourth-order valence-corrected chi connectivity index (χ4v) is 3.99. The van der Waals surface area contributed by atoms with Crippen molar-refractivity contribution in [1.82, 2.24) is 9.88 Å². The maximum Gasteiger partial charge on any atom is 0.340 e. The Balaban J connectivity index is 1.58. The van der Waals surface area contributed by atoms with E-state index in [0.717, 1.165) is 48.9 Å². The van der Waals surface area contributed by atoms with Crippen molar-refractivity contribution in [2.45, 2.75) is 19.8 Å². The molecule has 2 aromatic rings. The zero-order chi connectivity index (χ0) is 16.0. The summed E-state index contributed by atoms with van der Waals surface area (Å²) in [6.45, 7) is 5.86. The Hall–Kier alpha value is -2.01. The van der Waals surface area contributed by atoms with Crippen molar-refractivity contribution in [3.05, 3.63) is 29.5 Å². The Morgan fingerprint density at radius 1 is 1.35 bits per heavy atom. The minimum absolute atomic E-state index is 0.183. The van der Waals surface area contributed by atoms with Crippen LogP contribution in [0.4, 0.5) is 0 Å². The lowest BCUT2D eigenvalue weighted by Gasteiger charge is -2.24. The van der Waals surface area contributed by atoms with E-state index in [1.54, 1.807) is 13.3 Å². The third kappa shape index (κ3) is 2.39. The van der Waals surface area contributed by atoms with E-state index < -0.39 is 0 Å². The van der Waals surface area contributed by atoms with Crippen LogP contribution in [-0.4, -0.2) is 49.2 Å². The lowest BCUT2D eigenvalue weighted by Crippen LogP contribution is -2.27. The topological polar surface area (TPSA) is 54.6 Å². The van der Waals surface area contributed by atoms with Crippen LogP contribution in [0.1, 0.15) is 28.8 Å². The second-order valence-electron chi connectivity index (χ2n) is 6.94. The number of nitrogens with one attached hydrogen (secondary N) is 1. The molecule has 2 bridgehead atoms. The number of benzene rings is 1. The SMILES string of the molecule is COc1cc(C)cc2[nH]cc(C(=O)OCC34CCN(CC3)C4)c12. The van der Waals surface area contributed by atoms with Gasteiger partial charge < -0.3 is 19.4 Å². The van der Waals surface area contributed by atoms with Gasteiger partial charge in [0.2, 0.25) is 0 Å². The zero-order valence-electron chi connectivity index (χ0n) is 13.6. The van der Waals surface area contributed by atoms with E-state index in [2.05, 4.69) is 9.88 Å². The Bertz CT molecular complexity index is 757. The van der Waals surface area contributed by atoms with Gasteiger partial charge in [0.05, 0.1) is 30.2 Å². The zero-order valence-corrected chi connectivity index (χ0v) is 13.6. The number of hydrogen-bond acceptors (Lipinski definition) is 4. The normalized spacial score (nSPS) is 25.9. The predicted octanol–water partition coefficient (Wildman–Crippen LogP) is 2.74. The average molecular weight is 314 g/mol. The molecule has 0 spiro atoms. The van der Waals surface area contributed by atoms with E-state index >= 15 is 0 Å². The van der Waals surface area contributed by atoms with Crippen LogP contribution >= 0.6 is 0 Å². The van der Waals surface area contributed by atoms with Crippen molar-refractivity contribution in [3.8, 4) is 5.75 Å².